The molecule has 0 atom stereocenters. The maximum Gasteiger partial charge on any atom is 0.256 e. The summed E-state index contributed by atoms with van der Waals surface area (Å²) in [6, 6.07) is 91.0. The first-order chi connectivity index (χ1) is 42.0. The minimum Gasteiger partial charge on any atom is -0.458 e. The number of benzene rings is 12. The summed E-state index contributed by atoms with van der Waals surface area (Å²) in [5.74, 6) is 3.66. The SMILES string of the molecule is CC1(C)c2cc3c(cc2-c2cc4c(cc21)Oc1cc2c5c6c1B4c1ccccc1N6c1ccccc1B5c1ccccc1N2c1ccccc1)B1c2ccccc2N2c4ccccc4B4c5ccccc5N(c5ccccc5)c5cc(c1c2c54)O3. The van der Waals surface area contributed by atoms with Crippen molar-refractivity contribution in [1.82, 2.24) is 0 Å². The van der Waals surface area contributed by atoms with E-state index in [1.54, 1.807) is 0 Å². The number of nitrogens with zero attached hydrogens (tertiary/aromatic N) is 4. The highest BCUT2D eigenvalue weighted by atomic mass is 16.5. The van der Waals surface area contributed by atoms with Gasteiger partial charge in [0.25, 0.3) is 26.9 Å². The van der Waals surface area contributed by atoms with E-state index in [1.807, 2.05) is 0 Å². The third-order valence-electron chi connectivity index (χ3n) is 20.7. The van der Waals surface area contributed by atoms with Crippen molar-refractivity contribution >= 4 is 161 Å². The van der Waals surface area contributed by atoms with Crippen LogP contribution in [0.3, 0.4) is 0 Å². The zero-order valence-corrected chi connectivity index (χ0v) is 46.5. The van der Waals surface area contributed by atoms with E-state index in [4.69, 9.17) is 9.47 Å². The first-order valence-corrected chi connectivity index (χ1v) is 30.0. The topological polar surface area (TPSA) is 31.4 Å². The fourth-order valence-electron chi connectivity index (χ4n) is 17.4. The van der Waals surface area contributed by atoms with Crippen molar-refractivity contribution < 1.29 is 9.47 Å². The van der Waals surface area contributed by atoms with Crippen molar-refractivity contribution in [1.29, 1.82) is 0 Å². The van der Waals surface area contributed by atoms with Crippen molar-refractivity contribution in [2.24, 2.45) is 0 Å². The van der Waals surface area contributed by atoms with Gasteiger partial charge in [0, 0.05) is 85.8 Å². The fraction of sp³-hybridized carbons (Fsp3) is 0.0400. The normalized spacial score (nSPS) is 15.5. The van der Waals surface area contributed by atoms with E-state index in [1.165, 1.54) is 133 Å². The van der Waals surface area contributed by atoms with E-state index >= 15 is 0 Å². The Bertz CT molecular complexity index is 4750. The largest absolute Gasteiger partial charge is 0.458 e. The molecule has 1 aliphatic carbocycles. The zero-order valence-electron chi connectivity index (χ0n) is 46.5. The monoisotopic (exact) mass is 1080 g/mol. The predicted molar refractivity (Wildman–Crippen MR) is 354 cm³/mol. The van der Waals surface area contributed by atoms with Gasteiger partial charge < -0.3 is 29.1 Å². The number of hydrogen-bond acceptors (Lipinski definition) is 6. The molecule has 8 aliphatic heterocycles. The van der Waals surface area contributed by atoms with E-state index in [2.05, 4.69) is 276 Å². The molecule has 9 aliphatic rings. The summed E-state index contributed by atoms with van der Waals surface area (Å²) in [5.41, 5.74) is 34.3. The molecule has 0 bridgehead atoms. The van der Waals surface area contributed by atoms with Crippen LogP contribution in [0.1, 0.15) is 25.0 Å². The minimum absolute atomic E-state index is 0.0220. The van der Waals surface area contributed by atoms with Gasteiger partial charge in [-0.05, 0) is 161 Å². The zero-order chi connectivity index (χ0) is 55.3. The highest BCUT2D eigenvalue weighted by molar-refractivity contribution is 7.05. The van der Waals surface area contributed by atoms with Gasteiger partial charge in [-0.25, -0.2) is 0 Å². The van der Waals surface area contributed by atoms with Gasteiger partial charge in [0.1, 0.15) is 23.0 Å². The Balaban J connectivity index is 0.789. The Morgan fingerprint density at radius 2 is 0.565 bits per heavy atom. The standard InChI is InChI=1S/C75H46B4N4O2/c1-75(2)47-39-65-55(78-53-29-13-19-35-61(53)82-59-33-17-11-27-51(59)76-49-25-9-15-31-57(49)80(43-21-5-3-6-22-43)63-41-67(84-65)71(78)73(82)69(63)76)37-45(47)46-38-56-66(40-48(46)75)85-68-42-64-70-74-72(68)79(56)54-30-14-20-36-62(54)83(74)60-34-18-12-28-52(60)77(70)50-26-10-16-32-58(50)81(64)44-23-7-4-8-24-44/h3-42H,1-2H3. The van der Waals surface area contributed by atoms with Crippen molar-refractivity contribution in [2.75, 3.05) is 19.6 Å². The third-order valence-corrected chi connectivity index (χ3v) is 20.7. The second kappa shape index (κ2) is 15.7. The molecule has 390 valence electrons. The molecule has 0 saturated carbocycles. The fourth-order valence-corrected chi connectivity index (χ4v) is 17.4. The molecule has 0 radical (unpaired) electrons. The second-order valence-corrected chi connectivity index (χ2v) is 24.9. The van der Waals surface area contributed by atoms with Gasteiger partial charge in [-0.1, -0.05) is 172 Å². The van der Waals surface area contributed by atoms with Crippen LogP contribution in [0.25, 0.3) is 11.1 Å². The van der Waals surface area contributed by atoms with E-state index in [9.17, 15) is 0 Å². The molecule has 10 heteroatoms. The summed E-state index contributed by atoms with van der Waals surface area (Å²) in [6.07, 6.45) is 0. The molecule has 8 heterocycles. The number of anilines is 12. The van der Waals surface area contributed by atoms with Gasteiger partial charge in [0.2, 0.25) is 0 Å². The average Bonchev–Trinajstić information content (AvgIpc) is 1.05. The molecule has 6 nitrogen and oxygen atoms in total. The maximum absolute atomic E-state index is 7.60. The molecule has 0 spiro atoms. The molecule has 0 fully saturated rings. The predicted octanol–water partition coefficient (Wildman–Crippen LogP) is 10.0. The average molecular weight is 1080 g/mol. The smallest absolute Gasteiger partial charge is 0.256 e. The number of fused-ring (bicyclic) bond motifs is 23. The minimum atomic E-state index is -0.385. The highest BCUT2D eigenvalue weighted by Gasteiger charge is 2.54. The summed E-state index contributed by atoms with van der Waals surface area (Å²) < 4.78 is 15.2. The van der Waals surface area contributed by atoms with E-state index in [-0.39, 0.29) is 32.3 Å². The van der Waals surface area contributed by atoms with Crippen LogP contribution in [-0.2, 0) is 5.41 Å². The van der Waals surface area contributed by atoms with Gasteiger partial charge in [0.05, 0.1) is 0 Å². The molecule has 21 rings (SSSR count). The van der Waals surface area contributed by atoms with Crippen molar-refractivity contribution in [3.8, 4) is 34.1 Å². The van der Waals surface area contributed by atoms with E-state index in [0.717, 1.165) is 45.7 Å². The van der Waals surface area contributed by atoms with Crippen LogP contribution in [0.2, 0.25) is 0 Å². The lowest BCUT2D eigenvalue weighted by Crippen LogP contribution is -2.68. The van der Waals surface area contributed by atoms with Crippen LogP contribution < -0.4 is 94.6 Å². The number of hydrogen-bond donors (Lipinski definition) is 0. The van der Waals surface area contributed by atoms with Gasteiger partial charge in [-0.15, -0.1) is 0 Å². The highest BCUT2D eigenvalue weighted by Crippen LogP contribution is 2.55. The molecule has 0 N–H and O–H groups in total. The lowest BCUT2D eigenvalue weighted by molar-refractivity contribution is 0.483. The summed E-state index contributed by atoms with van der Waals surface area (Å²) >= 11 is 0. The van der Waals surface area contributed by atoms with Crippen LogP contribution in [-0.4, -0.2) is 26.9 Å². The number of para-hydroxylation sites is 8. The molecule has 0 saturated heterocycles. The first kappa shape index (κ1) is 45.2. The van der Waals surface area contributed by atoms with Crippen LogP contribution in [0.4, 0.5) is 68.2 Å². The van der Waals surface area contributed by atoms with E-state index in [0.29, 0.717) is 0 Å². The van der Waals surface area contributed by atoms with E-state index < -0.39 is 0 Å². The van der Waals surface area contributed by atoms with Crippen molar-refractivity contribution in [2.45, 2.75) is 19.3 Å². The summed E-state index contributed by atoms with van der Waals surface area (Å²) in [4.78, 5) is 10.1. The quantitative estimate of drug-likeness (QED) is 0.161. The molecule has 12 aromatic rings. The summed E-state index contributed by atoms with van der Waals surface area (Å²) in [5, 5.41) is 0. The van der Waals surface area contributed by atoms with Gasteiger partial charge >= 0.3 is 0 Å². The summed E-state index contributed by atoms with van der Waals surface area (Å²) in [6.45, 7) is 4.66. The lowest BCUT2D eigenvalue weighted by atomic mass is 9.29. The third kappa shape index (κ3) is 5.45. The van der Waals surface area contributed by atoms with Crippen LogP contribution in [0, 0.1) is 0 Å². The molecule has 85 heavy (non-hydrogen) atoms. The summed E-state index contributed by atoms with van der Waals surface area (Å²) in [7, 11) is 0. The van der Waals surface area contributed by atoms with Crippen LogP contribution in [0.5, 0.6) is 23.0 Å². The Labute approximate surface area is 494 Å². The molecular formula is C75H46B4N4O2. The molecule has 12 aromatic carbocycles. The van der Waals surface area contributed by atoms with Crippen molar-refractivity contribution in [3.05, 3.63) is 254 Å². The Morgan fingerprint density at radius 3 is 0.906 bits per heavy atom. The molecule has 0 unspecified atom stereocenters. The second-order valence-electron chi connectivity index (χ2n) is 24.9. The molecular weight excluding hydrogens is 1030 g/mol. The van der Waals surface area contributed by atoms with Crippen LogP contribution in [0.15, 0.2) is 243 Å². The Hall–Kier alpha value is -10.3. The van der Waals surface area contributed by atoms with Gasteiger partial charge in [-0.3, -0.25) is 0 Å². The number of rotatable bonds is 2. The molecule has 0 aromatic heterocycles. The van der Waals surface area contributed by atoms with Crippen molar-refractivity contribution in [3.63, 3.8) is 0 Å². The van der Waals surface area contributed by atoms with Gasteiger partial charge in [-0.2, -0.15) is 0 Å². The molecule has 0 amide bonds. The van der Waals surface area contributed by atoms with Gasteiger partial charge in [0.15, 0.2) is 0 Å². The maximum atomic E-state index is 7.60. The Morgan fingerprint density at radius 1 is 0.271 bits per heavy atom. The van der Waals surface area contributed by atoms with Crippen LogP contribution >= 0.6 is 0 Å². The number of ether oxygens (including phenoxy) is 2. The first-order valence-electron chi connectivity index (χ1n) is 30.0. The Kier molecular flexibility index (Phi) is 8.34. The lowest BCUT2D eigenvalue weighted by Gasteiger charge is -2.49.